The van der Waals surface area contributed by atoms with Gasteiger partial charge >= 0.3 is 0 Å². The Balaban J connectivity index is 2.72. The van der Waals surface area contributed by atoms with E-state index in [1.54, 1.807) is 6.92 Å². The molecule has 0 radical (unpaired) electrons. The minimum Gasteiger partial charge on any atom is -0.389 e. The fraction of sp³-hybridized carbons (Fsp3) is 0.538. The van der Waals surface area contributed by atoms with Gasteiger partial charge in [0.1, 0.15) is 0 Å². The predicted molar refractivity (Wildman–Crippen MR) is 63.8 cm³/mol. The highest BCUT2D eigenvalue weighted by Crippen LogP contribution is 2.17. The molecule has 0 aromatic heterocycles. The highest BCUT2D eigenvalue weighted by molar-refractivity contribution is 5.20. The van der Waals surface area contributed by atoms with E-state index in [1.807, 2.05) is 13.8 Å². The van der Waals surface area contributed by atoms with E-state index in [1.165, 1.54) is 12.1 Å². The molecular formula is C13H19F2NO. The standard InChI is InChI=1S/C13H19F2NO/c1-9(2)16-8-13(3,17)7-10-5-4-6-11(14)12(10)15/h4-6,9,16-17H,7-8H2,1-3H3. The second-order valence-corrected chi connectivity index (χ2v) is 4.92. The Morgan fingerprint density at radius 3 is 2.59 bits per heavy atom. The molecule has 0 fully saturated rings. The summed E-state index contributed by atoms with van der Waals surface area (Å²) in [5.41, 5.74) is -0.903. The molecule has 2 N–H and O–H groups in total. The molecule has 0 aliphatic carbocycles. The molecule has 0 heterocycles. The van der Waals surface area contributed by atoms with Crippen LogP contribution in [-0.2, 0) is 6.42 Å². The lowest BCUT2D eigenvalue weighted by molar-refractivity contribution is 0.0571. The van der Waals surface area contributed by atoms with Crippen molar-refractivity contribution in [1.29, 1.82) is 0 Å². The van der Waals surface area contributed by atoms with Gasteiger partial charge < -0.3 is 10.4 Å². The summed E-state index contributed by atoms with van der Waals surface area (Å²) in [6.45, 7) is 5.85. The molecule has 1 rings (SSSR count). The van der Waals surface area contributed by atoms with E-state index in [2.05, 4.69) is 5.32 Å². The fourth-order valence-corrected chi connectivity index (χ4v) is 1.58. The topological polar surface area (TPSA) is 32.3 Å². The molecule has 1 aromatic rings. The number of hydrogen-bond acceptors (Lipinski definition) is 2. The van der Waals surface area contributed by atoms with Crippen LogP contribution in [-0.4, -0.2) is 23.3 Å². The molecule has 0 spiro atoms. The second-order valence-electron chi connectivity index (χ2n) is 4.92. The summed E-state index contributed by atoms with van der Waals surface area (Å²) in [7, 11) is 0. The normalized spacial score (nSPS) is 15.0. The van der Waals surface area contributed by atoms with E-state index in [9.17, 15) is 13.9 Å². The summed E-state index contributed by atoms with van der Waals surface area (Å²) < 4.78 is 26.4. The van der Waals surface area contributed by atoms with Crippen molar-refractivity contribution in [3.63, 3.8) is 0 Å². The van der Waals surface area contributed by atoms with Gasteiger partial charge in [0.2, 0.25) is 0 Å². The second kappa shape index (κ2) is 5.56. The third kappa shape index (κ3) is 4.40. The van der Waals surface area contributed by atoms with Crippen LogP contribution < -0.4 is 5.32 Å². The zero-order valence-corrected chi connectivity index (χ0v) is 10.4. The Bertz CT molecular complexity index is 378. The van der Waals surface area contributed by atoms with Gasteiger partial charge in [-0.05, 0) is 18.6 Å². The third-order valence-corrected chi connectivity index (χ3v) is 2.49. The molecule has 1 unspecified atom stereocenters. The van der Waals surface area contributed by atoms with Crippen LogP contribution in [0.4, 0.5) is 8.78 Å². The molecule has 4 heteroatoms. The SMILES string of the molecule is CC(C)NCC(C)(O)Cc1cccc(F)c1F. The van der Waals surface area contributed by atoms with Crippen molar-refractivity contribution in [2.75, 3.05) is 6.54 Å². The monoisotopic (exact) mass is 243 g/mol. The molecule has 0 saturated heterocycles. The smallest absolute Gasteiger partial charge is 0.162 e. The van der Waals surface area contributed by atoms with Crippen molar-refractivity contribution in [3.8, 4) is 0 Å². The van der Waals surface area contributed by atoms with Gasteiger partial charge in [-0.2, -0.15) is 0 Å². The largest absolute Gasteiger partial charge is 0.389 e. The van der Waals surface area contributed by atoms with Crippen LogP contribution in [0.2, 0.25) is 0 Å². The molecule has 0 aliphatic rings. The van der Waals surface area contributed by atoms with Gasteiger partial charge in [0.25, 0.3) is 0 Å². The summed E-state index contributed by atoms with van der Waals surface area (Å²) >= 11 is 0. The van der Waals surface area contributed by atoms with Gasteiger partial charge in [0, 0.05) is 19.0 Å². The molecular weight excluding hydrogens is 224 g/mol. The number of hydrogen-bond donors (Lipinski definition) is 2. The Hall–Kier alpha value is -1.00. The van der Waals surface area contributed by atoms with Gasteiger partial charge in [-0.1, -0.05) is 26.0 Å². The summed E-state index contributed by atoms with van der Waals surface area (Å²) in [4.78, 5) is 0. The average Bonchev–Trinajstić information content (AvgIpc) is 2.22. The van der Waals surface area contributed by atoms with E-state index in [0.717, 1.165) is 6.07 Å². The Morgan fingerprint density at radius 1 is 1.35 bits per heavy atom. The molecule has 1 atom stereocenters. The van der Waals surface area contributed by atoms with Gasteiger partial charge in [-0.15, -0.1) is 0 Å². The first-order valence-corrected chi connectivity index (χ1v) is 5.70. The number of benzene rings is 1. The zero-order valence-electron chi connectivity index (χ0n) is 10.4. The molecule has 2 nitrogen and oxygen atoms in total. The summed E-state index contributed by atoms with van der Waals surface area (Å²) in [5, 5.41) is 13.2. The maximum absolute atomic E-state index is 13.4. The van der Waals surface area contributed by atoms with Gasteiger partial charge in [-0.25, -0.2) is 8.78 Å². The van der Waals surface area contributed by atoms with Crippen LogP contribution >= 0.6 is 0 Å². The molecule has 1 aromatic carbocycles. The predicted octanol–water partition coefficient (Wildman–Crippen LogP) is 2.26. The first kappa shape index (κ1) is 14.1. The maximum Gasteiger partial charge on any atom is 0.162 e. The van der Waals surface area contributed by atoms with Crippen molar-refractivity contribution >= 4 is 0 Å². The van der Waals surface area contributed by atoms with E-state index < -0.39 is 17.2 Å². The Labute approximate surface area is 101 Å². The molecule has 0 amide bonds. The van der Waals surface area contributed by atoms with Crippen LogP contribution in [0.1, 0.15) is 26.3 Å². The molecule has 17 heavy (non-hydrogen) atoms. The Kier molecular flexibility index (Phi) is 4.60. The number of halogens is 2. The minimum atomic E-state index is -1.10. The molecule has 0 bridgehead atoms. The highest BCUT2D eigenvalue weighted by atomic mass is 19.2. The van der Waals surface area contributed by atoms with Gasteiger partial charge in [-0.3, -0.25) is 0 Å². The highest BCUT2D eigenvalue weighted by Gasteiger charge is 2.23. The Morgan fingerprint density at radius 2 is 2.00 bits per heavy atom. The number of rotatable bonds is 5. The van der Waals surface area contributed by atoms with E-state index in [-0.39, 0.29) is 18.0 Å². The van der Waals surface area contributed by atoms with Crippen LogP contribution in [0.25, 0.3) is 0 Å². The lowest BCUT2D eigenvalue weighted by Gasteiger charge is -2.25. The fourth-order valence-electron chi connectivity index (χ4n) is 1.58. The number of nitrogens with one attached hydrogen (secondary N) is 1. The van der Waals surface area contributed by atoms with E-state index in [0.29, 0.717) is 6.54 Å². The van der Waals surface area contributed by atoms with E-state index >= 15 is 0 Å². The lowest BCUT2D eigenvalue weighted by atomic mass is 9.96. The van der Waals surface area contributed by atoms with Crippen molar-refractivity contribution < 1.29 is 13.9 Å². The van der Waals surface area contributed by atoms with Crippen molar-refractivity contribution in [3.05, 3.63) is 35.4 Å². The first-order valence-electron chi connectivity index (χ1n) is 5.70. The quantitative estimate of drug-likeness (QED) is 0.831. The first-order chi connectivity index (χ1) is 7.82. The third-order valence-electron chi connectivity index (χ3n) is 2.49. The van der Waals surface area contributed by atoms with Crippen LogP contribution in [0.15, 0.2) is 18.2 Å². The van der Waals surface area contributed by atoms with Crippen molar-refractivity contribution in [1.82, 2.24) is 5.32 Å². The van der Waals surface area contributed by atoms with Crippen LogP contribution in [0, 0.1) is 11.6 Å². The summed E-state index contributed by atoms with van der Waals surface area (Å²) in [6.07, 6.45) is 0.0797. The van der Waals surface area contributed by atoms with Crippen molar-refractivity contribution in [2.45, 2.75) is 38.8 Å². The minimum absolute atomic E-state index is 0.0797. The van der Waals surface area contributed by atoms with Crippen molar-refractivity contribution in [2.24, 2.45) is 0 Å². The molecule has 0 aliphatic heterocycles. The summed E-state index contributed by atoms with van der Waals surface area (Å²) in [5.74, 6) is -1.76. The van der Waals surface area contributed by atoms with Gasteiger partial charge in [0.15, 0.2) is 11.6 Å². The van der Waals surface area contributed by atoms with Crippen LogP contribution in [0.5, 0.6) is 0 Å². The zero-order chi connectivity index (χ0) is 13.1. The van der Waals surface area contributed by atoms with Gasteiger partial charge in [0.05, 0.1) is 5.60 Å². The van der Waals surface area contributed by atoms with Crippen LogP contribution in [0.3, 0.4) is 0 Å². The molecule has 0 saturated carbocycles. The number of aliphatic hydroxyl groups is 1. The average molecular weight is 243 g/mol. The summed E-state index contributed by atoms with van der Waals surface area (Å²) in [6, 6.07) is 4.24. The lowest BCUT2D eigenvalue weighted by Crippen LogP contribution is -2.42. The van der Waals surface area contributed by atoms with E-state index in [4.69, 9.17) is 0 Å². The maximum atomic E-state index is 13.4. The molecule has 96 valence electrons.